The number of H-pyrrole nitrogens is 1. The average Bonchev–Trinajstić information content (AvgIpc) is 2.98. The van der Waals surface area contributed by atoms with E-state index in [2.05, 4.69) is 30.7 Å². The Labute approximate surface area is 151 Å². The minimum Gasteiger partial charge on any atom is -0.508 e. The summed E-state index contributed by atoms with van der Waals surface area (Å²) in [6.45, 7) is 1.99. The van der Waals surface area contributed by atoms with Gasteiger partial charge in [-0.1, -0.05) is 11.6 Å². The smallest absolute Gasteiger partial charge is 0.278 e. The average molecular weight is 363 g/mol. The molecule has 2 aromatic heterocycles. The van der Waals surface area contributed by atoms with Gasteiger partial charge in [-0.3, -0.25) is 10.1 Å². The fourth-order valence-electron chi connectivity index (χ4n) is 2.70. The largest absolute Gasteiger partial charge is 0.508 e. The normalized spacial score (nSPS) is 11.4. The summed E-state index contributed by atoms with van der Waals surface area (Å²) in [6.07, 6.45) is 1.21. The van der Waals surface area contributed by atoms with Crippen molar-refractivity contribution in [1.29, 1.82) is 0 Å². The lowest BCUT2D eigenvalue weighted by Gasteiger charge is -1.99. The second kappa shape index (κ2) is 6.33. The van der Waals surface area contributed by atoms with Gasteiger partial charge in [0.2, 0.25) is 0 Å². The molecule has 0 unspecified atom stereocenters. The maximum absolute atomic E-state index is 11.0. The second-order valence-electron chi connectivity index (χ2n) is 5.88. The molecule has 10 nitrogen and oxygen atoms in total. The first-order valence-corrected chi connectivity index (χ1v) is 7.90. The van der Waals surface area contributed by atoms with E-state index in [9.17, 15) is 15.2 Å². The number of aryl methyl sites for hydroxylation is 1. The summed E-state index contributed by atoms with van der Waals surface area (Å²) < 4.78 is 0. The van der Waals surface area contributed by atoms with E-state index >= 15 is 0 Å². The van der Waals surface area contributed by atoms with Gasteiger partial charge in [0.1, 0.15) is 11.3 Å². The monoisotopic (exact) mass is 363 g/mol. The first kappa shape index (κ1) is 16.4. The number of benzene rings is 2. The number of aromatic amines is 1. The predicted molar refractivity (Wildman–Crippen MR) is 99.9 cm³/mol. The molecule has 3 N–H and O–H groups in total. The molecule has 0 amide bonds. The van der Waals surface area contributed by atoms with Gasteiger partial charge in [-0.05, 0) is 31.2 Å². The first-order chi connectivity index (χ1) is 13.0. The summed E-state index contributed by atoms with van der Waals surface area (Å²) >= 11 is 0. The maximum Gasteiger partial charge on any atom is 0.278 e. The molecule has 134 valence electrons. The van der Waals surface area contributed by atoms with Crippen LogP contribution in [0.1, 0.15) is 11.1 Å². The number of fused-ring (bicyclic) bond motifs is 3. The van der Waals surface area contributed by atoms with Gasteiger partial charge in [-0.15, -0.1) is 10.2 Å². The Morgan fingerprint density at radius 1 is 1.26 bits per heavy atom. The molecule has 2 heterocycles. The predicted octanol–water partition coefficient (Wildman–Crippen LogP) is 2.87. The molecular formula is C17H13N7O3. The highest BCUT2D eigenvalue weighted by Gasteiger charge is 2.13. The van der Waals surface area contributed by atoms with Crippen LogP contribution >= 0.6 is 0 Å². The van der Waals surface area contributed by atoms with Gasteiger partial charge in [-0.25, -0.2) is 5.43 Å². The summed E-state index contributed by atoms with van der Waals surface area (Å²) in [5, 5.41) is 33.5. The van der Waals surface area contributed by atoms with Crippen molar-refractivity contribution in [2.45, 2.75) is 6.92 Å². The van der Waals surface area contributed by atoms with Crippen LogP contribution in [0, 0.1) is 17.0 Å². The summed E-state index contributed by atoms with van der Waals surface area (Å²) in [5.74, 6) is 0.0274. The molecule has 2 aromatic carbocycles. The number of hydrogen-bond acceptors (Lipinski definition) is 8. The van der Waals surface area contributed by atoms with Crippen LogP contribution in [0.25, 0.3) is 22.1 Å². The number of phenols is 1. The highest BCUT2D eigenvalue weighted by molar-refractivity contribution is 6.03. The SMILES string of the molecule is Cc1ccc2[nH]c3nc(N/N=C\c4cc(O)ccc4[N+](=O)[O-])nnc3c2c1. The maximum atomic E-state index is 11.0. The zero-order chi connectivity index (χ0) is 19.0. The third-order valence-corrected chi connectivity index (χ3v) is 3.95. The van der Waals surface area contributed by atoms with Crippen LogP contribution in [0.5, 0.6) is 5.75 Å². The van der Waals surface area contributed by atoms with E-state index in [4.69, 9.17) is 0 Å². The summed E-state index contributed by atoms with van der Waals surface area (Å²) in [4.78, 5) is 17.9. The molecule has 0 saturated carbocycles. The number of aromatic nitrogens is 4. The molecule has 27 heavy (non-hydrogen) atoms. The molecule has 10 heteroatoms. The number of nitro benzene ring substituents is 1. The van der Waals surface area contributed by atoms with Crippen molar-refractivity contribution in [3.05, 3.63) is 57.6 Å². The highest BCUT2D eigenvalue weighted by Crippen LogP contribution is 2.24. The third-order valence-electron chi connectivity index (χ3n) is 3.95. The number of nitro groups is 1. The van der Waals surface area contributed by atoms with Crippen molar-refractivity contribution in [2.24, 2.45) is 5.10 Å². The van der Waals surface area contributed by atoms with Gasteiger partial charge >= 0.3 is 0 Å². The van der Waals surface area contributed by atoms with Gasteiger partial charge in [0.05, 0.1) is 16.7 Å². The lowest BCUT2D eigenvalue weighted by atomic mass is 10.2. The van der Waals surface area contributed by atoms with Crippen molar-refractivity contribution in [3.8, 4) is 5.75 Å². The van der Waals surface area contributed by atoms with E-state index in [-0.39, 0.29) is 22.9 Å². The summed E-state index contributed by atoms with van der Waals surface area (Å²) in [6, 6.07) is 9.61. The van der Waals surface area contributed by atoms with Crippen molar-refractivity contribution >= 4 is 39.9 Å². The number of phenolic OH excluding ortho intramolecular Hbond substituents is 1. The summed E-state index contributed by atoms with van der Waals surface area (Å²) in [5.41, 5.74) is 5.74. The van der Waals surface area contributed by atoms with E-state index in [1.807, 2.05) is 25.1 Å². The standard InChI is InChI=1S/C17H13N7O3/c1-9-2-4-13-12(6-9)15-16(19-13)20-17(23-21-15)22-18-8-10-7-11(25)3-5-14(10)24(26)27/h2-8,25H,1H3,(H2,19,20,22,23)/b18-8-. The minimum atomic E-state index is -0.558. The Bertz CT molecular complexity index is 1220. The lowest BCUT2D eigenvalue weighted by molar-refractivity contribution is -0.385. The van der Waals surface area contributed by atoms with Crippen LogP contribution in [0.3, 0.4) is 0 Å². The zero-order valence-corrected chi connectivity index (χ0v) is 14.0. The quantitative estimate of drug-likeness (QED) is 0.287. The molecule has 0 aliphatic carbocycles. The Balaban J connectivity index is 1.63. The third kappa shape index (κ3) is 3.11. The van der Waals surface area contributed by atoms with Gasteiger partial charge < -0.3 is 10.1 Å². The number of rotatable bonds is 4. The topological polar surface area (TPSA) is 142 Å². The van der Waals surface area contributed by atoms with Crippen molar-refractivity contribution in [2.75, 3.05) is 5.43 Å². The van der Waals surface area contributed by atoms with E-state index in [1.54, 1.807) is 0 Å². The van der Waals surface area contributed by atoms with E-state index in [0.29, 0.717) is 11.2 Å². The minimum absolute atomic E-state index is 0.102. The molecule has 0 saturated heterocycles. The molecule has 0 atom stereocenters. The molecule has 0 spiro atoms. The van der Waals surface area contributed by atoms with Crippen molar-refractivity contribution in [3.63, 3.8) is 0 Å². The number of nitrogens with zero attached hydrogens (tertiary/aromatic N) is 5. The number of aromatic hydroxyl groups is 1. The van der Waals surface area contributed by atoms with Gasteiger partial charge in [0, 0.05) is 17.0 Å². The highest BCUT2D eigenvalue weighted by atomic mass is 16.6. The number of anilines is 1. The molecule has 0 aliphatic rings. The van der Waals surface area contributed by atoms with Crippen LogP contribution in [0.2, 0.25) is 0 Å². The van der Waals surface area contributed by atoms with Gasteiger partial charge in [-0.2, -0.15) is 10.1 Å². The van der Waals surface area contributed by atoms with E-state index in [0.717, 1.165) is 16.5 Å². The van der Waals surface area contributed by atoms with Crippen LogP contribution in [0.4, 0.5) is 11.6 Å². The lowest BCUT2D eigenvalue weighted by Crippen LogP contribution is -2.00. The molecule has 4 rings (SSSR count). The number of hydrogen-bond donors (Lipinski definition) is 3. The number of nitrogens with one attached hydrogen (secondary N) is 2. The molecule has 0 fully saturated rings. The Kier molecular flexibility index (Phi) is 3.84. The van der Waals surface area contributed by atoms with Crippen molar-refractivity contribution in [1.82, 2.24) is 20.2 Å². The molecule has 4 aromatic rings. The van der Waals surface area contributed by atoms with Crippen LogP contribution in [0.15, 0.2) is 41.5 Å². The molecule has 0 aliphatic heterocycles. The van der Waals surface area contributed by atoms with Gasteiger partial charge in [0.15, 0.2) is 5.65 Å². The molecule has 0 bridgehead atoms. The zero-order valence-electron chi connectivity index (χ0n) is 14.0. The van der Waals surface area contributed by atoms with Crippen LogP contribution < -0.4 is 5.43 Å². The van der Waals surface area contributed by atoms with E-state index < -0.39 is 4.92 Å². The van der Waals surface area contributed by atoms with E-state index in [1.165, 1.54) is 24.4 Å². The number of hydrazone groups is 1. The molecule has 0 radical (unpaired) electrons. The Morgan fingerprint density at radius 2 is 2.11 bits per heavy atom. The van der Waals surface area contributed by atoms with Crippen LogP contribution in [-0.4, -0.2) is 36.4 Å². The Morgan fingerprint density at radius 3 is 2.93 bits per heavy atom. The fourth-order valence-corrected chi connectivity index (χ4v) is 2.70. The first-order valence-electron chi connectivity index (χ1n) is 7.90. The van der Waals surface area contributed by atoms with Crippen LogP contribution in [-0.2, 0) is 0 Å². The van der Waals surface area contributed by atoms with Crippen molar-refractivity contribution < 1.29 is 10.0 Å². The summed E-state index contributed by atoms with van der Waals surface area (Å²) in [7, 11) is 0. The Hall–Kier alpha value is -4.08. The molecular weight excluding hydrogens is 350 g/mol. The fraction of sp³-hybridized carbons (Fsp3) is 0.0588. The second-order valence-corrected chi connectivity index (χ2v) is 5.88. The van der Waals surface area contributed by atoms with Gasteiger partial charge in [0.25, 0.3) is 11.6 Å².